The Kier molecular flexibility index (Phi) is 5.59. The third-order valence-corrected chi connectivity index (χ3v) is 3.96. The molecular weight excluding hydrogens is 363 g/mol. The van der Waals surface area contributed by atoms with Gasteiger partial charge in [-0.05, 0) is 36.8 Å². The summed E-state index contributed by atoms with van der Waals surface area (Å²) in [6, 6.07) is 12.3. The highest BCUT2D eigenvalue weighted by Crippen LogP contribution is 2.13. The van der Waals surface area contributed by atoms with Crippen molar-refractivity contribution in [2.24, 2.45) is 0 Å². The Balaban J connectivity index is 1.75. The molecule has 0 aliphatic heterocycles. The molecule has 3 rings (SSSR count). The molecule has 0 unspecified atom stereocenters. The molecule has 8 heteroatoms. The summed E-state index contributed by atoms with van der Waals surface area (Å²) in [5.74, 6) is -1.68. The zero-order valence-corrected chi connectivity index (χ0v) is 15.0. The molecule has 0 saturated carbocycles. The van der Waals surface area contributed by atoms with Gasteiger partial charge in [0.25, 0.3) is 17.4 Å². The molecule has 0 aliphatic rings. The van der Waals surface area contributed by atoms with Crippen molar-refractivity contribution >= 4 is 28.7 Å². The lowest BCUT2D eigenvalue weighted by Crippen LogP contribution is -2.42. The summed E-state index contributed by atoms with van der Waals surface area (Å²) in [4.78, 5) is 36.7. The normalized spacial score (nSPS) is 10.9. The van der Waals surface area contributed by atoms with Crippen molar-refractivity contribution in [3.63, 3.8) is 0 Å². The quantitative estimate of drug-likeness (QED) is 0.535. The Hall–Kier alpha value is -3.81. The molecule has 3 aromatic rings. The largest absolute Gasteiger partial charge is 0.290 e. The van der Waals surface area contributed by atoms with Crippen LogP contribution < -0.4 is 16.4 Å². The fourth-order valence-electron chi connectivity index (χ4n) is 2.62. The third-order valence-electron chi connectivity index (χ3n) is 3.96. The van der Waals surface area contributed by atoms with Gasteiger partial charge in [0.2, 0.25) is 0 Å². The molecule has 0 saturated heterocycles. The first-order valence-corrected chi connectivity index (χ1v) is 8.53. The Morgan fingerprint density at radius 3 is 2.57 bits per heavy atom. The van der Waals surface area contributed by atoms with Gasteiger partial charge < -0.3 is 0 Å². The van der Waals surface area contributed by atoms with Gasteiger partial charge in [0, 0.05) is 18.0 Å². The number of nitrogens with zero attached hydrogens (tertiary/aromatic N) is 2. The number of hydrogen-bond acceptors (Lipinski definition) is 4. The van der Waals surface area contributed by atoms with Crippen LogP contribution in [0.1, 0.15) is 23.0 Å². The number of aryl methyl sites for hydroxylation is 1. The van der Waals surface area contributed by atoms with Gasteiger partial charge in [-0.15, -0.1) is 0 Å². The molecule has 28 heavy (non-hydrogen) atoms. The Bertz CT molecular complexity index is 1140. The molecule has 2 aromatic carbocycles. The average molecular weight is 380 g/mol. The van der Waals surface area contributed by atoms with Gasteiger partial charge in [0.15, 0.2) is 5.69 Å². The maximum atomic E-state index is 13.1. The van der Waals surface area contributed by atoms with Crippen LogP contribution >= 0.6 is 0 Å². The topological polar surface area (TPSA) is 93.1 Å². The van der Waals surface area contributed by atoms with Crippen molar-refractivity contribution < 1.29 is 14.0 Å². The highest BCUT2D eigenvalue weighted by Gasteiger charge is 2.16. The van der Waals surface area contributed by atoms with Gasteiger partial charge in [-0.3, -0.25) is 25.2 Å². The van der Waals surface area contributed by atoms with Gasteiger partial charge >= 0.3 is 0 Å². The van der Waals surface area contributed by atoms with Gasteiger partial charge in [0.05, 0.1) is 5.39 Å². The number of hydrogen-bond donors (Lipinski definition) is 2. The van der Waals surface area contributed by atoms with Gasteiger partial charge in [-0.1, -0.05) is 30.3 Å². The van der Waals surface area contributed by atoms with Crippen LogP contribution in [0.25, 0.3) is 16.8 Å². The van der Waals surface area contributed by atoms with Crippen LogP contribution in [0.3, 0.4) is 0 Å². The molecular formula is C20H17FN4O3. The molecule has 142 valence electrons. The van der Waals surface area contributed by atoms with E-state index in [1.165, 1.54) is 29.0 Å². The molecule has 0 radical (unpaired) electrons. The molecule has 2 N–H and O–H groups in total. The molecule has 0 fully saturated rings. The van der Waals surface area contributed by atoms with Crippen LogP contribution in [0, 0.1) is 5.82 Å². The van der Waals surface area contributed by atoms with Crippen LogP contribution in [-0.4, -0.2) is 21.6 Å². The van der Waals surface area contributed by atoms with E-state index in [4.69, 9.17) is 0 Å². The summed E-state index contributed by atoms with van der Waals surface area (Å²) in [6.45, 7) is 2.04. The SMILES string of the molecule is CCn1nc(C(=O)NNC(=O)/C=C/c2cccc(F)c2)c2ccccc2c1=O. The number of carbonyl (C=O) groups excluding carboxylic acids is 2. The predicted octanol–water partition coefficient (Wildman–Crippen LogP) is 2.03. The van der Waals surface area contributed by atoms with E-state index < -0.39 is 17.6 Å². The van der Waals surface area contributed by atoms with Crippen molar-refractivity contribution in [3.05, 3.63) is 82.0 Å². The van der Waals surface area contributed by atoms with E-state index in [-0.39, 0.29) is 11.3 Å². The van der Waals surface area contributed by atoms with Crippen molar-refractivity contribution in [3.8, 4) is 0 Å². The molecule has 0 bridgehead atoms. The molecule has 1 aromatic heterocycles. The number of nitrogens with one attached hydrogen (secondary N) is 2. The lowest BCUT2D eigenvalue weighted by atomic mass is 10.1. The maximum Gasteiger partial charge on any atom is 0.290 e. The highest BCUT2D eigenvalue weighted by atomic mass is 19.1. The summed E-state index contributed by atoms with van der Waals surface area (Å²) < 4.78 is 14.3. The molecule has 0 aliphatic carbocycles. The van der Waals surface area contributed by atoms with Crippen molar-refractivity contribution in [1.29, 1.82) is 0 Å². The van der Waals surface area contributed by atoms with E-state index >= 15 is 0 Å². The van der Waals surface area contributed by atoms with E-state index in [1.54, 1.807) is 37.3 Å². The number of aromatic nitrogens is 2. The van der Waals surface area contributed by atoms with Crippen molar-refractivity contribution in [2.45, 2.75) is 13.5 Å². The first-order valence-electron chi connectivity index (χ1n) is 8.53. The van der Waals surface area contributed by atoms with Gasteiger partial charge in [-0.25, -0.2) is 9.07 Å². The zero-order chi connectivity index (χ0) is 20.1. The minimum atomic E-state index is -0.661. The van der Waals surface area contributed by atoms with Crippen LogP contribution in [0.5, 0.6) is 0 Å². The smallest absolute Gasteiger partial charge is 0.268 e. The molecule has 1 heterocycles. The third kappa shape index (κ3) is 4.12. The molecule has 0 spiro atoms. The van der Waals surface area contributed by atoms with E-state index in [0.29, 0.717) is 22.9 Å². The number of amides is 2. The molecule has 2 amide bonds. The first kappa shape index (κ1) is 19.0. The summed E-state index contributed by atoms with van der Waals surface area (Å²) >= 11 is 0. The first-order chi connectivity index (χ1) is 13.5. The number of rotatable bonds is 4. The maximum absolute atomic E-state index is 13.1. The number of hydrazine groups is 1. The number of fused-ring (bicyclic) bond motifs is 1. The van der Waals surface area contributed by atoms with E-state index in [9.17, 15) is 18.8 Å². The van der Waals surface area contributed by atoms with Crippen LogP contribution in [0.4, 0.5) is 4.39 Å². The highest BCUT2D eigenvalue weighted by molar-refractivity contribution is 6.05. The summed E-state index contributed by atoms with van der Waals surface area (Å²) in [5.41, 5.74) is 4.73. The van der Waals surface area contributed by atoms with Crippen LogP contribution in [-0.2, 0) is 11.3 Å². The standard InChI is InChI=1S/C20H17FN4O3/c1-2-25-20(28)16-9-4-3-8-15(16)18(24-25)19(27)23-22-17(26)11-10-13-6-5-7-14(21)12-13/h3-12H,2H2,1H3,(H,22,26)(H,23,27)/b11-10+. The van der Waals surface area contributed by atoms with Gasteiger partial charge in [0.1, 0.15) is 5.82 Å². The van der Waals surface area contributed by atoms with Gasteiger partial charge in [-0.2, -0.15) is 5.10 Å². The predicted molar refractivity (Wildman–Crippen MR) is 103 cm³/mol. The average Bonchev–Trinajstić information content (AvgIpc) is 2.71. The molecule has 7 nitrogen and oxygen atoms in total. The Labute approximate surface area is 159 Å². The minimum absolute atomic E-state index is 0.0199. The summed E-state index contributed by atoms with van der Waals surface area (Å²) in [6.07, 6.45) is 2.57. The number of benzene rings is 2. The van der Waals surface area contributed by atoms with Crippen LogP contribution in [0.2, 0.25) is 0 Å². The van der Waals surface area contributed by atoms with Crippen molar-refractivity contribution in [1.82, 2.24) is 20.6 Å². The van der Waals surface area contributed by atoms with Crippen LogP contribution in [0.15, 0.2) is 59.4 Å². The summed E-state index contributed by atoms with van der Waals surface area (Å²) in [7, 11) is 0. The number of carbonyl (C=O) groups is 2. The Morgan fingerprint density at radius 1 is 1.11 bits per heavy atom. The lowest BCUT2D eigenvalue weighted by molar-refractivity contribution is -0.117. The molecule has 0 atom stereocenters. The minimum Gasteiger partial charge on any atom is -0.268 e. The lowest BCUT2D eigenvalue weighted by Gasteiger charge is -2.10. The van der Waals surface area contributed by atoms with Crippen molar-refractivity contribution in [2.75, 3.05) is 0 Å². The second-order valence-electron chi connectivity index (χ2n) is 5.85. The van der Waals surface area contributed by atoms with E-state index in [2.05, 4.69) is 16.0 Å². The fourth-order valence-corrected chi connectivity index (χ4v) is 2.62. The Morgan fingerprint density at radius 2 is 1.86 bits per heavy atom. The monoisotopic (exact) mass is 380 g/mol. The zero-order valence-electron chi connectivity index (χ0n) is 15.0. The van der Waals surface area contributed by atoms with E-state index in [0.717, 1.165) is 6.08 Å². The number of halogens is 1. The fraction of sp³-hybridized carbons (Fsp3) is 0.100. The van der Waals surface area contributed by atoms with E-state index in [1.807, 2.05) is 0 Å². The summed E-state index contributed by atoms with van der Waals surface area (Å²) in [5, 5.41) is 4.83. The second kappa shape index (κ2) is 8.26. The second-order valence-corrected chi connectivity index (χ2v) is 5.85.